The highest BCUT2D eigenvalue weighted by atomic mass is 35.5. The van der Waals surface area contributed by atoms with Crippen molar-refractivity contribution in [3.05, 3.63) is 58.6 Å². The number of carbonyl (C=O) groups is 2. The van der Waals surface area contributed by atoms with Crippen molar-refractivity contribution in [2.75, 3.05) is 18.1 Å². The Morgan fingerprint density at radius 3 is 2.48 bits per heavy atom. The Hall–Kier alpha value is -2.53. The van der Waals surface area contributed by atoms with E-state index in [0.29, 0.717) is 16.9 Å². The van der Waals surface area contributed by atoms with E-state index in [0.717, 1.165) is 0 Å². The maximum Gasteiger partial charge on any atom is 0.259 e. The van der Waals surface area contributed by atoms with Crippen LogP contribution in [0.3, 0.4) is 0 Å². The van der Waals surface area contributed by atoms with Crippen molar-refractivity contribution in [3.63, 3.8) is 0 Å². The molecular weight excluding hydrogens is 290 g/mol. The lowest BCUT2D eigenvalue weighted by molar-refractivity contribution is 0.0961. The highest BCUT2D eigenvalue weighted by Crippen LogP contribution is 2.23. The quantitative estimate of drug-likeness (QED) is 0.762. The molecule has 0 radical (unpaired) electrons. The fourth-order valence-electron chi connectivity index (χ4n) is 1.86. The van der Waals surface area contributed by atoms with Gasteiger partial charge >= 0.3 is 0 Å². The molecule has 5 nitrogen and oxygen atoms in total. The van der Waals surface area contributed by atoms with Crippen molar-refractivity contribution < 1.29 is 9.59 Å². The van der Waals surface area contributed by atoms with Gasteiger partial charge in [0.05, 0.1) is 10.6 Å². The van der Waals surface area contributed by atoms with Gasteiger partial charge in [-0.1, -0.05) is 23.7 Å². The molecule has 0 saturated carbocycles. The van der Waals surface area contributed by atoms with Crippen LogP contribution in [0.5, 0.6) is 0 Å². The molecule has 0 aliphatic heterocycles. The van der Waals surface area contributed by atoms with Gasteiger partial charge in [-0.2, -0.15) is 0 Å². The molecule has 4 N–H and O–H groups in total. The first-order valence-electron chi connectivity index (χ1n) is 6.20. The van der Waals surface area contributed by atoms with E-state index in [4.69, 9.17) is 17.3 Å². The maximum absolute atomic E-state index is 12.2. The molecule has 2 amide bonds. The molecule has 6 heteroatoms. The smallest absolute Gasteiger partial charge is 0.259 e. The van der Waals surface area contributed by atoms with Crippen molar-refractivity contribution in [2.45, 2.75) is 0 Å². The number of halogens is 1. The minimum absolute atomic E-state index is 0.213. The molecule has 108 valence electrons. The molecule has 2 aromatic rings. The van der Waals surface area contributed by atoms with E-state index in [9.17, 15) is 9.59 Å². The average molecular weight is 304 g/mol. The number of hydrogen-bond donors (Lipinski definition) is 3. The standard InChI is InChI=1S/C15H14ClN3O2/c1-18-14(20)9-4-2-5-10(8-9)19-15(21)13-11(16)6-3-7-12(13)17/h2-8H,17H2,1H3,(H,18,20)(H,19,21). The van der Waals surface area contributed by atoms with Gasteiger partial charge in [0.25, 0.3) is 11.8 Å². The number of carbonyl (C=O) groups excluding carboxylic acids is 2. The molecular formula is C15H14ClN3O2. The van der Waals surface area contributed by atoms with Crippen molar-refractivity contribution in [2.24, 2.45) is 0 Å². The number of amides is 2. The number of benzene rings is 2. The zero-order valence-electron chi connectivity index (χ0n) is 11.3. The second-order valence-electron chi connectivity index (χ2n) is 4.32. The lowest BCUT2D eigenvalue weighted by Gasteiger charge is -2.10. The molecule has 21 heavy (non-hydrogen) atoms. The average Bonchev–Trinajstić information content (AvgIpc) is 2.46. The number of nitrogen functional groups attached to an aromatic ring is 1. The van der Waals surface area contributed by atoms with Crippen LogP contribution >= 0.6 is 11.6 Å². The second kappa shape index (κ2) is 6.28. The predicted octanol–water partition coefficient (Wildman–Crippen LogP) is 2.53. The van der Waals surface area contributed by atoms with Gasteiger partial charge in [-0.15, -0.1) is 0 Å². The molecule has 0 saturated heterocycles. The van der Waals surface area contributed by atoms with E-state index < -0.39 is 5.91 Å². The Labute approximate surface area is 127 Å². The van der Waals surface area contributed by atoms with Gasteiger partial charge in [0.2, 0.25) is 0 Å². The summed E-state index contributed by atoms with van der Waals surface area (Å²) in [5.74, 6) is -0.657. The fraction of sp³-hybridized carbons (Fsp3) is 0.0667. The minimum atomic E-state index is -0.424. The molecule has 0 atom stereocenters. The highest BCUT2D eigenvalue weighted by Gasteiger charge is 2.14. The first kappa shape index (κ1) is 14.9. The summed E-state index contributed by atoms with van der Waals surface area (Å²) in [5.41, 5.74) is 7.21. The molecule has 0 fully saturated rings. The third kappa shape index (κ3) is 3.32. The largest absolute Gasteiger partial charge is 0.398 e. The van der Waals surface area contributed by atoms with Crippen LogP contribution in [0.25, 0.3) is 0 Å². The first-order valence-corrected chi connectivity index (χ1v) is 6.58. The molecule has 2 aromatic carbocycles. The Morgan fingerprint density at radius 1 is 1.10 bits per heavy atom. The maximum atomic E-state index is 12.2. The van der Waals surface area contributed by atoms with Crippen LogP contribution in [0.2, 0.25) is 5.02 Å². The van der Waals surface area contributed by atoms with Gasteiger partial charge in [-0.25, -0.2) is 0 Å². The van der Waals surface area contributed by atoms with E-state index in [1.54, 1.807) is 42.5 Å². The molecule has 0 unspecified atom stereocenters. The zero-order chi connectivity index (χ0) is 15.4. The SMILES string of the molecule is CNC(=O)c1cccc(NC(=O)c2c(N)cccc2Cl)c1. The summed E-state index contributed by atoms with van der Waals surface area (Å²) in [6.07, 6.45) is 0. The summed E-state index contributed by atoms with van der Waals surface area (Å²) in [5, 5.41) is 5.47. The molecule has 0 spiro atoms. The van der Waals surface area contributed by atoms with E-state index in [2.05, 4.69) is 10.6 Å². The van der Waals surface area contributed by atoms with E-state index in [1.807, 2.05) is 0 Å². The minimum Gasteiger partial charge on any atom is -0.398 e. The summed E-state index contributed by atoms with van der Waals surface area (Å²) in [4.78, 5) is 23.8. The van der Waals surface area contributed by atoms with Crippen molar-refractivity contribution >= 4 is 34.8 Å². The van der Waals surface area contributed by atoms with Crippen LogP contribution in [0.4, 0.5) is 11.4 Å². The second-order valence-corrected chi connectivity index (χ2v) is 4.73. The zero-order valence-corrected chi connectivity index (χ0v) is 12.1. The van der Waals surface area contributed by atoms with Gasteiger partial charge in [0.15, 0.2) is 0 Å². The summed E-state index contributed by atoms with van der Waals surface area (Å²) >= 11 is 5.99. The normalized spacial score (nSPS) is 10.0. The Morgan fingerprint density at radius 2 is 1.81 bits per heavy atom. The Kier molecular flexibility index (Phi) is 4.45. The van der Waals surface area contributed by atoms with Gasteiger partial charge in [0.1, 0.15) is 0 Å². The van der Waals surface area contributed by atoms with Crippen LogP contribution in [0.1, 0.15) is 20.7 Å². The third-order valence-electron chi connectivity index (χ3n) is 2.88. The third-order valence-corrected chi connectivity index (χ3v) is 3.20. The van der Waals surface area contributed by atoms with Gasteiger partial charge in [0, 0.05) is 24.0 Å². The summed E-state index contributed by atoms with van der Waals surface area (Å²) in [7, 11) is 1.54. The number of nitrogens with two attached hydrogens (primary N) is 1. The van der Waals surface area contributed by atoms with Crippen LogP contribution in [0, 0.1) is 0 Å². The molecule has 0 aromatic heterocycles. The Bertz CT molecular complexity index is 681. The topological polar surface area (TPSA) is 84.2 Å². The van der Waals surface area contributed by atoms with Crippen molar-refractivity contribution in [1.29, 1.82) is 0 Å². The van der Waals surface area contributed by atoms with Gasteiger partial charge in [-0.3, -0.25) is 9.59 Å². The number of hydrogen-bond acceptors (Lipinski definition) is 3. The van der Waals surface area contributed by atoms with Crippen molar-refractivity contribution in [1.82, 2.24) is 5.32 Å². The lowest BCUT2D eigenvalue weighted by atomic mass is 10.1. The fourth-order valence-corrected chi connectivity index (χ4v) is 2.12. The van der Waals surface area contributed by atoms with Crippen LogP contribution < -0.4 is 16.4 Å². The molecule has 0 aliphatic rings. The number of rotatable bonds is 3. The predicted molar refractivity (Wildman–Crippen MR) is 83.6 cm³/mol. The van der Waals surface area contributed by atoms with Crippen molar-refractivity contribution in [3.8, 4) is 0 Å². The van der Waals surface area contributed by atoms with E-state index in [-0.39, 0.29) is 16.5 Å². The van der Waals surface area contributed by atoms with E-state index in [1.165, 1.54) is 7.05 Å². The molecule has 0 aliphatic carbocycles. The molecule has 2 rings (SSSR count). The molecule has 0 heterocycles. The lowest BCUT2D eigenvalue weighted by Crippen LogP contribution is -2.19. The van der Waals surface area contributed by atoms with E-state index >= 15 is 0 Å². The summed E-state index contributed by atoms with van der Waals surface area (Å²) in [6.45, 7) is 0. The Balaban J connectivity index is 2.26. The van der Waals surface area contributed by atoms with Crippen LogP contribution in [-0.4, -0.2) is 18.9 Å². The molecule has 0 bridgehead atoms. The van der Waals surface area contributed by atoms with Crippen LogP contribution in [-0.2, 0) is 0 Å². The first-order chi connectivity index (χ1) is 10.0. The summed E-state index contributed by atoms with van der Waals surface area (Å²) < 4.78 is 0. The monoisotopic (exact) mass is 303 g/mol. The van der Waals surface area contributed by atoms with Gasteiger partial charge in [-0.05, 0) is 30.3 Å². The van der Waals surface area contributed by atoms with Gasteiger partial charge < -0.3 is 16.4 Å². The summed E-state index contributed by atoms with van der Waals surface area (Å²) in [6, 6.07) is 11.4. The number of nitrogens with one attached hydrogen (secondary N) is 2. The number of anilines is 2. The highest BCUT2D eigenvalue weighted by molar-refractivity contribution is 6.35. The van der Waals surface area contributed by atoms with Crippen LogP contribution in [0.15, 0.2) is 42.5 Å².